The van der Waals surface area contributed by atoms with Gasteiger partial charge in [0.2, 0.25) is 0 Å². The van der Waals surface area contributed by atoms with E-state index in [4.69, 9.17) is 10.8 Å². The van der Waals surface area contributed by atoms with Crippen LogP contribution in [0, 0.1) is 11.3 Å². The molecule has 0 aliphatic rings. The van der Waals surface area contributed by atoms with Crippen LogP contribution < -0.4 is 0 Å². The number of hydrogen-bond donors (Lipinski definition) is 0. The normalized spacial score (nSPS) is 14.4. The van der Waals surface area contributed by atoms with E-state index in [1.807, 2.05) is 135 Å². The number of pyridine rings is 3. The number of fused-ring (bicyclic) bond motifs is 3. The predicted molar refractivity (Wildman–Crippen MR) is 264 cm³/mol. The van der Waals surface area contributed by atoms with Gasteiger partial charge in [0.1, 0.15) is 11.2 Å². The minimum atomic E-state index is -2.78. The third-order valence-corrected chi connectivity index (χ3v) is 11.6. The Morgan fingerprint density at radius 3 is 1.58 bits per heavy atom. The van der Waals surface area contributed by atoms with E-state index in [-0.39, 0.29) is 40.3 Å². The first-order chi connectivity index (χ1) is 35.3. The molecule has 4 aromatic heterocycles. The zero-order valence-electron chi connectivity index (χ0n) is 44.8. The number of aryl methyl sites for hydroxylation is 4. The summed E-state index contributed by atoms with van der Waals surface area (Å²) in [4.78, 5) is 13.9. The van der Waals surface area contributed by atoms with Gasteiger partial charge in [0.15, 0.2) is 0 Å². The first kappa shape index (κ1) is 31.8. The molecule has 6 aromatic carbocycles. The van der Waals surface area contributed by atoms with E-state index < -0.39 is 30.9 Å². The summed E-state index contributed by atoms with van der Waals surface area (Å²) in [5, 5.41) is 11.6. The Morgan fingerprint density at radius 2 is 1.05 bits per heavy atom. The van der Waals surface area contributed by atoms with E-state index in [1.165, 1.54) is 30.6 Å². The van der Waals surface area contributed by atoms with E-state index in [9.17, 15) is 16.2 Å². The van der Waals surface area contributed by atoms with Crippen molar-refractivity contribution in [2.45, 2.75) is 51.2 Å². The van der Waals surface area contributed by atoms with E-state index in [0.29, 0.717) is 50.3 Å². The fourth-order valence-corrected chi connectivity index (χ4v) is 8.26. The van der Waals surface area contributed by atoms with Crippen LogP contribution in [0.5, 0.6) is 0 Å². The van der Waals surface area contributed by atoms with Crippen LogP contribution in [0.1, 0.15) is 65.1 Å². The van der Waals surface area contributed by atoms with Crippen LogP contribution in [0.15, 0.2) is 199 Å². The summed E-state index contributed by atoms with van der Waals surface area (Å²) >= 11 is 0. The van der Waals surface area contributed by atoms with Gasteiger partial charge in [-0.05, 0) is 113 Å². The van der Waals surface area contributed by atoms with Gasteiger partial charge in [-0.1, -0.05) is 153 Å². The molecule has 0 amide bonds. The van der Waals surface area contributed by atoms with E-state index in [1.54, 1.807) is 36.5 Å². The number of para-hydroxylation sites is 1. The molecule has 0 saturated carbocycles. The van der Waals surface area contributed by atoms with E-state index >= 15 is 0 Å². The molecule has 0 saturated heterocycles. The summed E-state index contributed by atoms with van der Waals surface area (Å²) < 4.78 is 90.8. The summed E-state index contributed by atoms with van der Waals surface area (Å²) in [6, 6.07) is 52.3. The van der Waals surface area contributed by atoms with Gasteiger partial charge in [0, 0.05) is 62.6 Å². The predicted octanol–water partition coefficient (Wildman–Crippen LogP) is 14.4. The zero-order valence-corrected chi connectivity index (χ0v) is 35.8. The molecule has 0 bridgehead atoms. The van der Waals surface area contributed by atoms with Crippen LogP contribution in [-0.2, 0) is 37.3 Å². The average molecular weight is 850 g/mol. The van der Waals surface area contributed by atoms with Crippen LogP contribution >= 0.6 is 0 Å². The van der Waals surface area contributed by atoms with Crippen LogP contribution in [-0.4, -0.2) is 15.0 Å². The summed E-state index contributed by atoms with van der Waals surface area (Å²) in [7, 11) is 0. The largest absolute Gasteiger partial charge is 0.455 e. The second-order valence-corrected chi connectivity index (χ2v) is 16.6. The Labute approximate surface area is 393 Å². The lowest BCUT2D eigenvalue weighted by molar-refractivity contribution is 0.520. The molecular weight excluding hydrogens is 793 g/mol. The first-order valence-electron chi connectivity index (χ1n) is 25.9. The highest BCUT2D eigenvalue weighted by atomic mass is 16.3. The van der Waals surface area contributed by atoms with Crippen LogP contribution in [0.25, 0.3) is 66.8 Å². The smallest absolute Gasteiger partial charge is 0.144 e. The number of aromatic nitrogens is 3. The topological polar surface area (TPSA) is 75.6 Å². The highest BCUT2D eigenvalue weighted by Gasteiger charge is 2.24. The maximum absolute atomic E-state index is 10.1. The van der Waals surface area contributed by atoms with Gasteiger partial charge < -0.3 is 4.42 Å². The molecule has 4 heterocycles. The van der Waals surface area contributed by atoms with Crippen molar-refractivity contribution in [3.63, 3.8) is 0 Å². The standard InChI is InChI=1S/C60H48N4O/c1-60(2,50-28-32-56(64-40-50)53-20-12-19-51-52-29-27-49(37-61)57(59(52)65-58(51)53)48-17-10-5-11-18-48)36-45-34-43(23-21-41-25-30-54(62-38-41)46-13-6-3-7-14-46)33-44(35-45)24-22-42-26-31-55(63-39-42)47-15-8-4-9-16-47/h3-20,25-35,38-40H,21-24,36H2,1-2H3/i21D2,22D2,23D2,24D2,27D. The van der Waals surface area contributed by atoms with Crippen LogP contribution in [0.3, 0.4) is 0 Å². The van der Waals surface area contributed by atoms with Gasteiger partial charge in [0.05, 0.1) is 30.1 Å². The van der Waals surface area contributed by atoms with Gasteiger partial charge in [0.25, 0.3) is 0 Å². The molecule has 0 N–H and O–H groups in total. The molecular formula is C60H48N4O. The van der Waals surface area contributed by atoms with Crippen molar-refractivity contribution in [3.05, 3.63) is 233 Å². The number of hydrogen-bond acceptors (Lipinski definition) is 5. The molecule has 0 aliphatic heterocycles. The second-order valence-electron chi connectivity index (χ2n) is 16.6. The maximum atomic E-state index is 10.1. The van der Waals surface area contributed by atoms with Crippen molar-refractivity contribution in [3.8, 4) is 51.0 Å². The quantitative estimate of drug-likeness (QED) is 0.115. The van der Waals surface area contributed by atoms with Gasteiger partial charge in [-0.2, -0.15) is 5.26 Å². The lowest BCUT2D eigenvalue weighted by atomic mass is 9.79. The summed E-state index contributed by atoms with van der Waals surface area (Å²) in [6.07, 6.45) is -6.33. The second kappa shape index (κ2) is 18.0. The van der Waals surface area contributed by atoms with Crippen molar-refractivity contribution in [1.29, 1.82) is 5.26 Å². The molecule has 10 aromatic rings. The van der Waals surface area contributed by atoms with E-state index in [2.05, 4.69) is 16.0 Å². The molecule has 0 unspecified atom stereocenters. The maximum Gasteiger partial charge on any atom is 0.144 e. The Kier molecular flexibility index (Phi) is 8.83. The minimum Gasteiger partial charge on any atom is -0.455 e. The Bertz CT molecular complexity index is 3600. The number of benzene rings is 6. The number of rotatable bonds is 13. The highest BCUT2D eigenvalue weighted by molar-refractivity contribution is 6.13. The van der Waals surface area contributed by atoms with Gasteiger partial charge in [-0.15, -0.1) is 0 Å². The molecule has 5 nitrogen and oxygen atoms in total. The Hall–Kier alpha value is -7.94. The van der Waals surface area contributed by atoms with Crippen LogP contribution in [0.4, 0.5) is 0 Å². The molecule has 10 rings (SSSR count). The van der Waals surface area contributed by atoms with Gasteiger partial charge in [-0.25, -0.2) is 0 Å². The number of furan rings is 1. The lowest BCUT2D eigenvalue weighted by Gasteiger charge is -2.26. The fraction of sp³-hybridized carbons (Fsp3) is 0.133. The van der Waals surface area contributed by atoms with Crippen molar-refractivity contribution in [1.82, 2.24) is 15.0 Å². The monoisotopic (exact) mass is 849 g/mol. The summed E-state index contributed by atoms with van der Waals surface area (Å²) in [5.41, 5.74) is 6.80. The van der Waals surface area contributed by atoms with Crippen molar-refractivity contribution < 1.29 is 16.8 Å². The molecule has 5 heteroatoms. The highest BCUT2D eigenvalue weighted by Crippen LogP contribution is 2.41. The van der Waals surface area contributed by atoms with Crippen LogP contribution in [0.2, 0.25) is 0 Å². The molecule has 0 spiro atoms. The average Bonchev–Trinajstić information content (AvgIpc) is 3.80. The van der Waals surface area contributed by atoms with Crippen molar-refractivity contribution in [2.24, 2.45) is 0 Å². The number of nitrogens with zero attached hydrogens (tertiary/aromatic N) is 4. The third kappa shape index (κ3) is 8.85. The third-order valence-electron chi connectivity index (χ3n) is 11.6. The zero-order chi connectivity index (χ0) is 52.2. The van der Waals surface area contributed by atoms with Gasteiger partial charge in [-0.3, -0.25) is 15.0 Å². The Morgan fingerprint density at radius 1 is 0.523 bits per heavy atom. The minimum absolute atomic E-state index is 0.0217. The molecule has 65 heavy (non-hydrogen) atoms. The van der Waals surface area contributed by atoms with Crippen molar-refractivity contribution >= 4 is 21.9 Å². The Balaban J connectivity index is 1.02. The van der Waals surface area contributed by atoms with E-state index in [0.717, 1.165) is 27.6 Å². The molecule has 0 radical (unpaired) electrons. The summed E-state index contributed by atoms with van der Waals surface area (Å²) in [6.45, 7) is 3.96. The SMILES string of the molecule is [2H]c1cc2c(oc3c(-c4ccc(C(C)(C)Cc5cc(C([2H])([2H])C([2H])([2H])c6ccc(-c7ccccc7)nc6)cc(C([2H])([2H])C([2H])([2H])c6ccc(-c7ccccc7)nc6)c5)cn4)cccc32)c(-c2ccccc2)c1C#N. The van der Waals surface area contributed by atoms with Gasteiger partial charge >= 0.3 is 0 Å². The van der Waals surface area contributed by atoms with Crippen molar-refractivity contribution in [2.75, 3.05) is 0 Å². The molecule has 0 aliphatic carbocycles. The molecule has 0 fully saturated rings. The number of nitriles is 1. The lowest BCUT2D eigenvalue weighted by Crippen LogP contribution is -2.21. The fourth-order valence-electron chi connectivity index (χ4n) is 8.26. The summed E-state index contributed by atoms with van der Waals surface area (Å²) in [5.74, 6) is 0. The molecule has 0 atom stereocenters. The molecule has 314 valence electrons. The first-order valence-corrected chi connectivity index (χ1v) is 21.4.